The predicted molar refractivity (Wildman–Crippen MR) is 136 cm³/mol. The fourth-order valence-electron chi connectivity index (χ4n) is 3.95. The largest absolute Gasteiger partial charge is 0.490 e. The minimum atomic E-state index is -0.488. The monoisotopic (exact) mass is 509 g/mol. The third-order valence-electron chi connectivity index (χ3n) is 5.47. The minimum absolute atomic E-state index is 0.154. The molecular formula is C26H24ClN3O4S. The number of hydrogen-bond donors (Lipinski definition) is 0. The number of carbonyl (C=O) groups is 1. The van der Waals surface area contributed by atoms with Crippen LogP contribution in [0.25, 0.3) is 0 Å². The van der Waals surface area contributed by atoms with E-state index < -0.39 is 12.0 Å². The Bertz CT molecular complexity index is 1280. The van der Waals surface area contributed by atoms with Gasteiger partial charge >= 0.3 is 5.97 Å². The molecule has 0 aliphatic carbocycles. The summed E-state index contributed by atoms with van der Waals surface area (Å²) in [6.07, 6.45) is 1.89. The second-order valence-electron chi connectivity index (χ2n) is 7.65. The van der Waals surface area contributed by atoms with E-state index >= 15 is 0 Å². The van der Waals surface area contributed by atoms with E-state index in [-0.39, 0.29) is 13.2 Å². The number of amidine groups is 1. The van der Waals surface area contributed by atoms with E-state index in [1.165, 1.54) is 11.8 Å². The number of nitrogens with zero attached hydrogens (tertiary/aromatic N) is 3. The lowest BCUT2D eigenvalue weighted by Crippen LogP contribution is -2.34. The van der Waals surface area contributed by atoms with Gasteiger partial charge in [0, 0.05) is 11.8 Å². The first kappa shape index (κ1) is 24.7. The Morgan fingerprint density at radius 3 is 2.77 bits per heavy atom. The van der Waals surface area contributed by atoms with Crippen molar-refractivity contribution in [3.63, 3.8) is 0 Å². The molecule has 0 N–H and O–H groups in total. The Labute approximate surface area is 213 Å². The van der Waals surface area contributed by atoms with E-state index in [1.807, 2.05) is 41.6 Å². The van der Waals surface area contributed by atoms with E-state index in [1.54, 1.807) is 32.0 Å². The first-order chi connectivity index (χ1) is 17.0. The van der Waals surface area contributed by atoms with Crippen molar-refractivity contribution >= 4 is 34.5 Å². The highest BCUT2D eigenvalue weighted by Crippen LogP contribution is 2.45. The van der Waals surface area contributed by atoms with Crippen LogP contribution in [0.15, 0.2) is 64.3 Å². The molecule has 0 radical (unpaired) electrons. The summed E-state index contributed by atoms with van der Waals surface area (Å²) in [6.45, 7) is 6.24. The van der Waals surface area contributed by atoms with Crippen LogP contribution >= 0.6 is 23.4 Å². The third-order valence-corrected chi connectivity index (χ3v) is 6.52. The molecule has 2 aromatic rings. The summed E-state index contributed by atoms with van der Waals surface area (Å²) in [5.41, 5.74) is 3.06. The average molecular weight is 510 g/mol. The Kier molecular flexibility index (Phi) is 7.69. The number of aliphatic imine (C=N–C) groups is 1. The van der Waals surface area contributed by atoms with Crippen LogP contribution in [0, 0.1) is 11.3 Å². The maximum atomic E-state index is 12.9. The summed E-state index contributed by atoms with van der Waals surface area (Å²) in [6, 6.07) is 12.5. The molecule has 0 fully saturated rings. The van der Waals surface area contributed by atoms with Crippen molar-refractivity contribution in [1.82, 2.24) is 4.90 Å². The Balaban J connectivity index is 1.74. The van der Waals surface area contributed by atoms with Gasteiger partial charge in [-0.05, 0) is 49.9 Å². The summed E-state index contributed by atoms with van der Waals surface area (Å²) in [5.74, 6) is 0.398. The lowest BCUT2D eigenvalue weighted by atomic mass is 9.94. The first-order valence-electron chi connectivity index (χ1n) is 11.1. The second kappa shape index (κ2) is 10.9. The van der Waals surface area contributed by atoms with Gasteiger partial charge in [0.1, 0.15) is 6.61 Å². The van der Waals surface area contributed by atoms with Crippen LogP contribution in [0.3, 0.4) is 0 Å². The van der Waals surface area contributed by atoms with Gasteiger partial charge in [0.25, 0.3) is 0 Å². The van der Waals surface area contributed by atoms with Crippen LogP contribution in [0.1, 0.15) is 43.5 Å². The molecule has 0 aromatic heterocycles. The number of allylic oxidation sites excluding steroid dienone is 1. The lowest BCUT2D eigenvalue weighted by Gasteiger charge is -2.33. The summed E-state index contributed by atoms with van der Waals surface area (Å²) in [4.78, 5) is 19.5. The maximum absolute atomic E-state index is 12.9. The Morgan fingerprint density at radius 1 is 1.23 bits per heavy atom. The van der Waals surface area contributed by atoms with E-state index in [0.29, 0.717) is 40.0 Å². The normalized spacial score (nSPS) is 16.5. The van der Waals surface area contributed by atoms with Crippen molar-refractivity contribution in [1.29, 1.82) is 5.26 Å². The quantitative estimate of drug-likeness (QED) is 0.406. The van der Waals surface area contributed by atoms with Gasteiger partial charge in [0.2, 0.25) is 0 Å². The van der Waals surface area contributed by atoms with Crippen molar-refractivity contribution in [2.24, 2.45) is 4.99 Å². The molecule has 2 aliphatic heterocycles. The summed E-state index contributed by atoms with van der Waals surface area (Å²) < 4.78 is 17.3. The van der Waals surface area contributed by atoms with Crippen molar-refractivity contribution in [2.45, 2.75) is 33.4 Å². The zero-order chi connectivity index (χ0) is 24.9. The van der Waals surface area contributed by atoms with Gasteiger partial charge in [-0.3, -0.25) is 0 Å². The number of nitriles is 1. The van der Waals surface area contributed by atoms with Crippen molar-refractivity contribution in [3.8, 4) is 17.6 Å². The van der Waals surface area contributed by atoms with Crippen LogP contribution in [0.4, 0.5) is 0 Å². The second-order valence-corrected chi connectivity index (χ2v) is 8.93. The molecule has 35 heavy (non-hydrogen) atoms. The number of esters is 1. The molecule has 2 aliphatic rings. The lowest BCUT2D eigenvalue weighted by molar-refractivity contribution is -0.139. The van der Waals surface area contributed by atoms with Gasteiger partial charge in [-0.15, -0.1) is 0 Å². The number of ether oxygens (including phenoxy) is 3. The summed E-state index contributed by atoms with van der Waals surface area (Å²) >= 11 is 8.20. The zero-order valence-corrected chi connectivity index (χ0v) is 21.2. The van der Waals surface area contributed by atoms with Crippen LogP contribution in [0.5, 0.6) is 11.5 Å². The molecule has 2 heterocycles. The van der Waals surface area contributed by atoms with E-state index in [4.69, 9.17) is 25.8 Å². The number of benzene rings is 2. The zero-order valence-electron chi connectivity index (χ0n) is 19.6. The molecule has 1 atom stereocenters. The number of fused-ring (bicyclic) bond motifs is 1. The smallest absolute Gasteiger partial charge is 0.338 e. The highest BCUT2D eigenvalue weighted by molar-refractivity contribution is 8.16. The summed E-state index contributed by atoms with van der Waals surface area (Å²) in [7, 11) is 0. The molecule has 0 bridgehead atoms. The molecule has 7 nitrogen and oxygen atoms in total. The number of thioether (sulfide) groups is 1. The van der Waals surface area contributed by atoms with Crippen LogP contribution in [0.2, 0.25) is 5.02 Å². The topological polar surface area (TPSA) is 84.1 Å². The number of halogens is 1. The Morgan fingerprint density at radius 2 is 2.03 bits per heavy atom. The van der Waals surface area contributed by atoms with Crippen molar-refractivity contribution in [2.75, 3.05) is 13.2 Å². The fraction of sp³-hybridized carbons (Fsp3) is 0.269. The highest BCUT2D eigenvalue weighted by Gasteiger charge is 2.38. The molecule has 0 unspecified atom stereocenters. The van der Waals surface area contributed by atoms with E-state index in [9.17, 15) is 10.1 Å². The number of hydrogen-bond acceptors (Lipinski definition) is 8. The van der Waals surface area contributed by atoms with E-state index in [2.05, 4.69) is 11.1 Å². The fourth-order valence-corrected chi connectivity index (χ4v) is 5.02. The maximum Gasteiger partial charge on any atom is 0.338 e. The third kappa shape index (κ3) is 5.02. The molecule has 4 rings (SSSR count). The van der Waals surface area contributed by atoms with Crippen LogP contribution in [-0.2, 0) is 16.1 Å². The minimum Gasteiger partial charge on any atom is -0.490 e. The molecule has 9 heteroatoms. The standard InChI is InChI=1S/C26H24ClN3O4S/c1-4-32-21-13-19(12-20(27)24(21)34-15-18-9-7-6-8-17(18)14-28)23-22(25(31)33-5-2)16(3)29-26-30(23)10-11-35-26/h6-13,23H,4-5,15H2,1-3H3/t23-/m0/s1. The van der Waals surface area contributed by atoms with Crippen LogP contribution < -0.4 is 9.47 Å². The molecule has 0 saturated heterocycles. The van der Waals surface area contributed by atoms with Gasteiger partial charge in [0.15, 0.2) is 16.7 Å². The van der Waals surface area contributed by atoms with Gasteiger partial charge in [-0.2, -0.15) is 5.26 Å². The van der Waals surface area contributed by atoms with Crippen molar-refractivity contribution in [3.05, 3.63) is 81.0 Å². The van der Waals surface area contributed by atoms with Crippen molar-refractivity contribution < 1.29 is 19.0 Å². The molecular weight excluding hydrogens is 486 g/mol. The van der Waals surface area contributed by atoms with Gasteiger partial charge in [0.05, 0.1) is 47.2 Å². The average Bonchev–Trinajstić information content (AvgIpc) is 3.31. The molecule has 0 amide bonds. The van der Waals surface area contributed by atoms with Crippen LogP contribution in [-0.4, -0.2) is 29.3 Å². The molecule has 0 spiro atoms. The molecule has 180 valence electrons. The molecule has 2 aromatic carbocycles. The number of rotatable bonds is 8. The predicted octanol–water partition coefficient (Wildman–Crippen LogP) is 5.96. The van der Waals surface area contributed by atoms with Gasteiger partial charge < -0.3 is 19.1 Å². The summed E-state index contributed by atoms with van der Waals surface area (Å²) in [5, 5.41) is 12.4. The van der Waals surface area contributed by atoms with E-state index in [0.717, 1.165) is 16.3 Å². The van der Waals surface area contributed by atoms with Gasteiger partial charge in [-0.25, -0.2) is 9.79 Å². The Hall–Kier alpha value is -3.41. The SMILES string of the molecule is CCOC(=O)C1=C(C)N=C2SC=CN2[C@H]1c1cc(Cl)c(OCc2ccccc2C#N)c(OCC)c1. The highest BCUT2D eigenvalue weighted by atomic mass is 35.5. The number of carbonyl (C=O) groups excluding carboxylic acids is 1. The molecule has 0 saturated carbocycles. The first-order valence-corrected chi connectivity index (χ1v) is 12.4. The van der Waals surface area contributed by atoms with Gasteiger partial charge in [-0.1, -0.05) is 41.6 Å².